The molecule has 0 aliphatic rings. The van der Waals surface area contributed by atoms with Crippen molar-refractivity contribution >= 4 is 28.8 Å². The average Bonchev–Trinajstić information content (AvgIpc) is 2.63. The second-order valence-corrected chi connectivity index (χ2v) is 6.51. The number of nitrogens with zero attached hydrogens (tertiary/aromatic N) is 4. The van der Waals surface area contributed by atoms with Gasteiger partial charge in [-0.1, -0.05) is 6.07 Å². The molecule has 0 radical (unpaired) electrons. The molecule has 27 heavy (non-hydrogen) atoms. The average molecular weight is 362 g/mol. The fourth-order valence-electron chi connectivity index (χ4n) is 3.08. The number of aryl methyl sites for hydroxylation is 2. The minimum atomic E-state index is 0.463. The molecule has 2 aromatic carbocycles. The van der Waals surface area contributed by atoms with Crippen LogP contribution in [0.1, 0.15) is 25.0 Å². The van der Waals surface area contributed by atoms with E-state index in [1.54, 1.807) is 6.20 Å². The van der Waals surface area contributed by atoms with Gasteiger partial charge in [0.15, 0.2) is 5.82 Å². The monoisotopic (exact) mass is 362 g/mol. The Labute approximate surface area is 160 Å². The van der Waals surface area contributed by atoms with E-state index in [4.69, 9.17) is 0 Å². The van der Waals surface area contributed by atoms with Crippen molar-refractivity contribution in [1.82, 2.24) is 15.2 Å². The maximum atomic E-state index is 4.51. The van der Waals surface area contributed by atoms with Crippen molar-refractivity contribution in [2.75, 3.05) is 28.6 Å². The smallest absolute Gasteiger partial charge is 0.249 e. The lowest BCUT2D eigenvalue weighted by molar-refractivity contribution is 0.866. The van der Waals surface area contributed by atoms with Crippen molar-refractivity contribution in [1.29, 1.82) is 0 Å². The normalized spacial score (nSPS) is 10.5. The lowest BCUT2D eigenvalue weighted by Crippen LogP contribution is -2.21. The van der Waals surface area contributed by atoms with Crippen LogP contribution in [0.4, 0.5) is 28.8 Å². The van der Waals surface area contributed by atoms with Crippen LogP contribution in [0.2, 0.25) is 0 Å². The van der Waals surface area contributed by atoms with E-state index in [0.717, 1.165) is 24.5 Å². The molecule has 1 aromatic heterocycles. The Balaban J connectivity index is 1.72. The number of aromatic nitrogens is 3. The maximum absolute atomic E-state index is 4.51. The summed E-state index contributed by atoms with van der Waals surface area (Å²) in [6.07, 6.45) is 1.62. The molecule has 2 N–H and O–H groups in total. The van der Waals surface area contributed by atoms with Crippen LogP contribution in [0.15, 0.2) is 48.7 Å². The van der Waals surface area contributed by atoms with Gasteiger partial charge in [-0.05, 0) is 75.2 Å². The van der Waals surface area contributed by atoms with Crippen molar-refractivity contribution in [2.24, 2.45) is 0 Å². The lowest BCUT2D eigenvalue weighted by atomic mass is 10.1. The molecule has 0 aliphatic heterocycles. The van der Waals surface area contributed by atoms with E-state index in [1.165, 1.54) is 16.8 Å². The van der Waals surface area contributed by atoms with Crippen LogP contribution in [-0.4, -0.2) is 28.3 Å². The van der Waals surface area contributed by atoms with Gasteiger partial charge in [-0.15, -0.1) is 5.10 Å². The zero-order valence-corrected chi connectivity index (χ0v) is 16.3. The van der Waals surface area contributed by atoms with Gasteiger partial charge in [-0.25, -0.2) is 0 Å². The summed E-state index contributed by atoms with van der Waals surface area (Å²) in [5.41, 5.74) is 5.50. The molecular weight excluding hydrogens is 336 g/mol. The molecule has 1 heterocycles. The summed E-state index contributed by atoms with van der Waals surface area (Å²) in [6.45, 7) is 10.4. The third-order valence-electron chi connectivity index (χ3n) is 4.30. The SMILES string of the molecule is CCN(CC)c1ccc(Nc2cnnc(Nc3cc(C)cc(C)c3)n2)cc1. The number of hydrogen-bond acceptors (Lipinski definition) is 6. The Morgan fingerprint density at radius 2 is 1.52 bits per heavy atom. The summed E-state index contributed by atoms with van der Waals surface area (Å²) in [7, 11) is 0. The number of rotatable bonds is 7. The Hall–Kier alpha value is -3.15. The molecule has 0 bridgehead atoms. The molecule has 0 aliphatic carbocycles. The van der Waals surface area contributed by atoms with Gasteiger partial charge in [0.25, 0.3) is 0 Å². The largest absolute Gasteiger partial charge is 0.372 e. The van der Waals surface area contributed by atoms with Gasteiger partial charge >= 0.3 is 0 Å². The second-order valence-electron chi connectivity index (χ2n) is 6.51. The first-order valence-corrected chi connectivity index (χ1v) is 9.24. The highest BCUT2D eigenvalue weighted by Gasteiger charge is 2.05. The predicted octanol–water partition coefficient (Wildman–Crippen LogP) is 4.82. The Kier molecular flexibility index (Phi) is 5.86. The van der Waals surface area contributed by atoms with Crippen molar-refractivity contribution in [2.45, 2.75) is 27.7 Å². The fourth-order valence-corrected chi connectivity index (χ4v) is 3.08. The first-order valence-electron chi connectivity index (χ1n) is 9.24. The molecule has 0 spiro atoms. The number of hydrogen-bond donors (Lipinski definition) is 2. The Morgan fingerprint density at radius 3 is 2.15 bits per heavy atom. The Bertz CT molecular complexity index is 867. The van der Waals surface area contributed by atoms with E-state index in [1.807, 2.05) is 12.1 Å². The summed E-state index contributed by atoms with van der Waals surface area (Å²) in [5.74, 6) is 1.11. The molecular formula is C21H26N6. The van der Waals surface area contributed by atoms with Crippen LogP contribution in [-0.2, 0) is 0 Å². The van der Waals surface area contributed by atoms with E-state index in [-0.39, 0.29) is 0 Å². The number of nitrogens with one attached hydrogen (secondary N) is 2. The minimum Gasteiger partial charge on any atom is -0.372 e. The van der Waals surface area contributed by atoms with Gasteiger partial charge in [-0.3, -0.25) is 0 Å². The summed E-state index contributed by atoms with van der Waals surface area (Å²) in [4.78, 5) is 6.81. The highest BCUT2D eigenvalue weighted by Crippen LogP contribution is 2.21. The summed E-state index contributed by atoms with van der Waals surface area (Å²) in [6, 6.07) is 14.6. The van der Waals surface area contributed by atoms with E-state index >= 15 is 0 Å². The van der Waals surface area contributed by atoms with Crippen LogP contribution >= 0.6 is 0 Å². The maximum Gasteiger partial charge on any atom is 0.249 e. The Morgan fingerprint density at radius 1 is 0.852 bits per heavy atom. The summed E-state index contributed by atoms with van der Waals surface area (Å²) < 4.78 is 0. The first kappa shape index (κ1) is 18.6. The molecule has 6 nitrogen and oxygen atoms in total. The molecule has 0 saturated heterocycles. The van der Waals surface area contributed by atoms with Gasteiger partial charge in [0.05, 0.1) is 6.20 Å². The van der Waals surface area contributed by atoms with E-state index < -0.39 is 0 Å². The van der Waals surface area contributed by atoms with E-state index in [2.05, 4.69) is 88.7 Å². The van der Waals surface area contributed by atoms with Crippen molar-refractivity contribution < 1.29 is 0 Å². The fraction of sp³-hybridized carbons (Fsp3) is 0.286. The highest BCUT2D eigenvalue weighted by molar-refractivity contribution is 5.62. The predicted molar refractivity (Wildman–Crippen MR) is 112 cm³/mol. The van der Waals surface area contributed by atoms with Gasteiger partial charge in [-0.2, -0.15) is 10.1 Å². The van der Waals surface area contributed by atoms with Crippen LogP contribution in [0.5, 0.6) is 0 Å². The molecule has 0 atom stereocenters. The minimum absolute atomic E-state index is 0.463. The van der Waals surface area contributed by atoms with Gasteiger partial charge in [0.1, 0.15) is 0 Å². The van der Waals surface area contributed by atoms with Crippen molar-refractivity contribution in [3.8, 4) is 0 Å². The molecule has 0 fully saturated rings. The zero-order valence-electron chi connectivity index (χ0n) is 16.3. The molecule has 0 saturated carbocycles. The third-order valence-corrected chi connectivity index (χ3v) is 4.30. The number of benzene rings is 2. The van der Waals surface area contributed by atoms with Crippen LogP contribution < -0.4 is 15.5 Å². The quantitative estimate of drug-likeness (QED) is 0.628. The zero-order chi connectivity index (χ0) is 19.2. The van der Waals surface area contributed by atoms with Gasteiger partial charge in [0, 0.05) is 30.2 Å². The summed E-state index contributed by atoms with van der Waals surface area (Å²) in [5, 5.41) is 14.6. The van der Waals surface area contributed by atoms with Crippen LogP contribution in [0.3, 0.4) is 0 Å². The standard InChI is InChI=1S/C21H26N6/c1-5-27(6-2)19-9-7-17(8-10-19)23-20-14-22-26-21(25-20)24-18-12-15(3)11-16(4)13-18/h7-14H,5-6H2,1-4H3,(H2,23,24,25,26). The van der Waals surface area contributed by atoms with Gasteiger partial charge in [0.2, 0.25) is 5.95 Å². The highest BCUT2D eigenvalue weighted by atomic mass is 15.3. The number of anilines is 5. The molecule has 0 unspecified atom stereocenters. The third kappa shape index (κ3) is 4.94. The van der Waals surface area contributed by atoms with Crippen molar-refractivity contribution in [3.05, 3.63) is 59.8 Å². The lowest BCUT2D eigenvalue weighted by Gasteiger charge is -2.21. The first-order chi connectivity index (χ1) is 13.1. The van der Waals surface area contributed by atoms with Crippen molar-refractivity contribution in [3.63, 3.8) is 0 Å². The molecule has 140 valence electrons. The van der Waals surface area contributed by atoms with Gasteiger partial charge < -0.3 is 15.5 Å². The molecule has 6 heteroatoms. The van der Waals surface area contributed by atoms with Crippen LogP contribution in [0.25, 0.3) is 0 Å². The molecule has 3 rings (SSSR count). The van der Waals surface area contributed by atoms with E-state index in [0.29, 0.717) is 11.8 Å². The second kappa shape index (κ2) is 8.49. The topological polar surface area (TPSA) is 66.0 Å². The molecule has 3 aromatic rings. The van der Waals surface area contributed by atoms with E-state index in [9.17, 15) is 0 Å². The molecule has 0 amide bonds. The summed E-state index contributed by atoms with van der Waals surface area (Å²) >= 11 is 0. The van der Waals surface area contributed by atoms with Crippen LogP contribution in [0, 0.1) is 13.8 Å².